The van der Waals surface area contributed by atoms with Crippen LogP contribution in [-0.2, 0) is 28.6 Å². The van der Waals surface area contributed by atoms with Crippen molar-refractivity contribution in [3.8, 4) is 0 Å². The topological polar surface area (TPSA) is 78.9 Å². The Kier molecular flexibility index (Phi) is 43.3. The van der Waals surface area contributed by atoms with Crippen molar-refractivity contribution in [2.24, 2.45) is 17.8 Å². The van der Waals surface area contributed by atoms with Crippen molar-refractivity contribution in [3.05, 3.63) is 0 Å². The first-order valence-electron chi connectivity index (χ1n) is 26.1. The van der Waals surface area contributed by atoms with Gasteiger partial charge in [-0.3, -0.25) is 14.4 Å². The fraction of sp³-hybridized carbons (Fsp3) is 0.943. The largest absolute Gasteiger partial charge is 0.462 e. The van der Waals surface area contributed by atoms with E-state index < -0.39 is 6.10 Å². The molecule has 0 spiro atoms. The Bertz CT molecular complexity index is 914. The van der Waals surface area contributed by atoms with E-state index in [2.05, 4.69) is 41.5 Å². The van der Waals surface area contributed by atoms with E-state index in [9.17, 15) is 14.4 Å². The van der Waals surface area contributed by atoms with Gasteiger partial charge < -0.3 is 14.2 Å². The van der Waals surface area contributed by atoms with Crippen molar-refractivity contribution in [1.29, 1.82) is 0 Å². The zero-order chi connectivity index (χ0) is 43.4. The summed E-state index contributed by atoms with van der Waals surface area (Å²) in [7, 11) is 0. The van der Waals surface area contributed by atoms with Crippen LogP contribution in [0.1, 0.15) is 286 Å². The predicted octanol–water partition coefficient (Wildman–Crippen LogP) is 16.8. The van der Waals surface area contributed by atoms with Crippen molar-refractivity contribution in [1.82, 2.24) is 0 Å². The summed E-state index contributed by atoms with van der Waals surface area (Å²) in [6.07, 6.45) is 43.8. The maximum Gasteiger partial charge on any atom is 0.306 e. The van der Waals surface area contributed by atoms with Crippen LogP contribution in [0.3, 0.4) is 0 Å². The second-order valence-electron chi connectivity index (χ2n) is 19.6. The molecule has 0 radical (unpaired) electrons. The fourth-order valence-corrected chi connectivity index (χ4v) is 7.94. The summed E-state index contributed by atoms with van der Waals surface area (Å²) in [5.74, 6) is 1.60. The summed E-state index contributed by atoms with van der Waals surface area (Å²) in [5, 5.41) is 0. The van der Waals surface area contributed by atoms with E-state index in [1.807, 2.05) is 0 Å². The predicted molar refractivity (Wildman–Crippen MR) is 252 cm³/mol. The molecule has 59 heavy (non-hydrogen) atoms. The van der Waals surface area contributed by atoms with E-state index in [0.717, 1.165) is 75.5 Å². The molecule has 0 heterocycles. The van der Waals surface area contributed by atoms with Gasteiger partial charge in [-0.1, -0.05) is 247 Å². The van der Waals surface area contributed by atoms with Crippen molar-refractivity contribution < 1.29 is 28.6 Å². The van der Waals surface area contributed by atoms with Gasteiger partial charge >= 0.3 is 17.9 Å². The van der Waals surface area contributed by atoms with Crippen LogP contribution in [0, 0.1) is 17.8 Å². The fourth-order valence-electron chi connectivity index (χ4n) is 7.94. The molecule has 0 aromatic heterocycles. The average Bonchev–Trinajstić information content (AvgIpc) is 3.19. The highest BCUT2D eigenvalue weighted by molar-refractivity contribution is 5.71. The Labute approximate surface area is 368 Å². The zero-order valence-electron chi connectivity index (χ0n) is 40.5. The van der Waals surface area contributed by atoms with Crippen molar-refractivity contribution in [2.45, 2.75) is 292 Å². The van der Waals surface area contributed by atoms with Gasteiger partial charge in [0.05, 0.1) is 0 Å². The lowest BCUT2D eigenvalue weighted by Crippen LogP contribution is -2.30. The number of ether oxygens (including phenoxy) is 3. The van der Waals surface area contributed by atoms with Crippen LogP contribution in [-0.4, -0.2) is 37.2 Å². The lowest BCUT2D eigenvalue weighted by molar-refractivity contribution is -0.167. The summed E-state index contributed by atoms with van der Waals surface area (Å²) in [6, 6.07) is 0. The van der Waals surface area contributed by atoms with Gasteiger partial charge in [-0.05, 0) is 37.0 Å². The van der Waals surface area contributed by atoms with Gasteiger partial charge in [-0.2, -0.15) is 0 Å². The van der Waals surface area contributed by atoms with E-state index in [4.69, 9.17) is 14.2 Å². The average molecular weight is 835 g/mol. The van der Waals surface area contributed by atoms with Gasteiger partial charge in [-0.15, -0.1) is 0 Å². The van der Waals surface area contributed by atoms with E-state index in [-0.39, 0.29) is 31.1 Å². The lowest BCUT2D eigenvalue weighted by atomic mass is 10.0. The van der Waals surface area contributed by atoms with E-state index >= 15 is 0 Å². The third kappa shape index (κ3) is 47.3. The first-order chi connectivity index (χ1) is 28.6. The molecule has 0 N–H and O–H groups in total. The second-order valence-corrected chi connectivity index (χ2v) is 19.6. The first kappa shape index (κ1) is 57.4. The van der Waals surface area contributed by atoms with Gasteiger partial charge in [0.2, 0.25) is 0 Å². The van der Waals surface area contributed by atoms with E-state index in [1.165, 1.54) is 167 Å². The maximum atomic E-state index is 12.8. The number of rotatable bonds is 46. The monoisotopic (exact) mass is 835 g/mol. The normalized spacial score (nSPS) is 12.2. The molecule has 6 nitrogen and oxygen atoms in total. The standard InChI is InChI=1S/C53H102O6/c1-47(2)39-33-27-21-16-12-9-7-8-10-14-18-24-30-36-42-51(54)57-45-50(46-58-52(55)43-37-31-26-20-23-29-35-41-49(5)6)59-53(56)44-38-32-25-19-15-11-13-17-22-28-34-40-48(3)4/h47-50H,7-46H2,1-6H3/t50-/m0/s1. The molecule has 0 aliphatic rings. The summed E-state index contributed by atoms with van der Waals surface area (Å²) in [5.41, 5.74) is 0. The summed E-state index contributed by atoms with van der Waals surface area (Å²) in [6.45, 7) is 13.7. The third-order valence-corrected chi connectivity index (χ3v) is 11.9. The highest BCUT2D eigenvalue weighted by atomic mass is 16.6. The smallest absolute Gasteiger partial charge is 0.306 e. The molecule has 350 valence electrons. The molecule has 0 saturated heterocycles. The molecule has 0 aliphatic carbocycles. The summed E-state index contributed by atoms with van der Waals surface area (Å²) >= 11 is 0. The molecular weight excluding hydrogens is 733 g/mol. The minimum atomic E-state index is -0.763. The van der Waals surface area contributed by atoms with Crippen LogP contribution in [0.2, 0.25) is 0 Å². The van der Waals surface area contributed by atoms with Gasteiger partial charge in [0.1, 0.15) is 13.2 Å². The van der Waals surface area contributed by atoms with Gasteiger partial charge in [0.25, 0.3) is 0 Å². The van der Waals surface area contributed by atoms with Crippen LogP contribution < -0.4 is 0 Å². The number of esters is 3. The summed E-state index contributed by atoms with van der Waals surface area (Å²) in [4.78, 5) is 37.9. The molecule has 0 rings (SSSR count). The quantitative estimate of drug-likeness (QED) is 0.0345. The van der Waals surface area contributed by atoms with Crippen molar-refractivity contribution >= 4 is 17.9 Å². The molecule has 0 unspecified atom stereocenters. The number of carbonyl (C=O) groups is 3. The molecule has 0 fully saturated rings. The minimum absolute atomic E-state index is 0.0650. The molecule has 1 atom stereocenters. The van der Waals surface area contributed by atoms with Gasteiger partial charge in [0, 0.05) is 19.3 Å². The van der Waals surface area contributed by atoms with E-state index in [1.54, 1.807) is 0 Å². The second kappa shape index (κ2) is 44.5. The Hall–Kier alpha value is -1.59. The molecule has 0 aliphatic heterocycles. The van der Waals surface area contributed by atoms with Crippen molar-refractivity contribution in [2.75, 3.05) is 13.2 Å². The number of hydrogen-bond donors (Lipinski definition) is 0. The number of hydrogen-bond acceptors (Lipinski definition) is 6. The summed E-state index contributed by atoms with van der Waals surface area (Å²) < 4.78 is 16.8. The van der Waals surface area contributed by atoms with Gasteiger partial charge in [0.15, 0.2) is 6.10 Å². The van der Waals surface area contributed by atoms with Crippen LogP contribution in [0.15, 0.2) is 0 Å². The van der Waals surface area contributed by atoms with E-state index in [0.29, 0.717) is 19.3 Å². The molecule has 0 amide bonds. The van der Waals surface area contributed by atoms with Crippen LogP contribution in [0.25, 0.3) is 0 Å². The Balaban J connectivity index is 4.28. The van der Waals surface area contributed by atoms with Crippen LogP contribution in [0.5, 0.6) is 0 Å². The van der Waals surface area contributed by atoms with Crippen molar-refractivity contribution in [3.63, 3.8) is 0 Å². The first-order valence-corrected chi connectivity index (χ1v) is 26.1. The molecular formula is C53H102O6. The SMILES string of the molecule is CC(C)CCCCCCCCCCCCCCCCC(=O)OC[C@@H](COC(=O)CCCCCCCCCC(C)C)OC(=O)CCCCCCCCCCCCCC(C)C. The molecule has 0 aromatic carbocycles. The molecule has 6 heteroatoms. The Morgan fingerprint density at radius 3 is 0.729 bits per heavy atom. The molecule has 0 saturated carbocycles. The van der Waals surface area contributed by atoms with Crippen LogP contribution >= 0.6 is 0 Å². The Morgan fingerprint density at radius 1 is 0.288 bits per heavy atom. The number of carbonyl (C=O) groups excluding carboxylic acids is 3. The minimum Gasteiger partial charge on any atom is -0.462 e. The maximum absolute atomic E-state index is 12.8. The van der Waals surface area contributed by atoms with Crippen LogP contribution in [0.4, 0.5) is 0 Å². The molecule has 0 aromatic rings. The third-order valence-electron chi connectivity index (χ3n) is 11.9. The highest BCUT2D eigenvalue weighted by Gasteiger charge is 2.19. The number of unbranched alkanes of at least 4 members (excludes halogenated alkanes) is 29. The Morgan fingerprint density at radius 2 is 0.492 bits per heavy atom. The highest BCUT2D eigenvalue weighted by Crippen LogP contribution is 2.18. The van der Waals surface area contributed by atoms with Gasteiger partial charge in [-0.25, -0.2) is 0 Å². The zero-order valence-corrected chi connectivity index (χ0v) is 40.5. The molecule has 0 bridgehead atoms. The lowest BCUT2D eigenvalue weighted by Gasteiger charge is -2.18.